The van der Waals surface area contributed by atoms with Crippen molar-refractivity contribution in [3.05, 3.63) is 65.9 Å². The second-order valence-electron chi connectivity index (χ2n) is 11.0. The van der Waals surface area contributed by atoms with Crippen LogP contribution in [0.3, 0.4) is 0 Å². The van der Waals surface area contributed by atoms with Crippen LogP contribution in [0.2, 0.25) is 0 Å². The second kappa shape index (κ2) is 15.6. The van der Waals surface area contributed by atoms with Crippen LogP contribution < -0.4 is 20.1 Å². The third kappa shape index (κ3) is 9.36. The molecule has 0 spiro atoms. The van der Waals surface area contributed by atoms with Gasteiger partial charge in [0, 0.05) is 19.0 Å². The van der Waals surface area contributed by atoms with E-state index < -0.39 is 17.9 Å². The molecule has 1 unspecified atom stereocenters. The van der Waals surface area contributed by atoms with Crippen LogP contribution in [0.15, 0.2) is 54.6 Å². The highest BCUT2D eigenvalue weighted by molar-refractivity contribution is 5.94. The number of carbonyl (C=O) groups is 3. The van der Waals surface area contributed by atoms with Gasteiger partial charge in [0.2, 0.25) is 5.91 Å². The monoisotopic (exact) mass is 578 g/mol. The van der Waals surface area contributed by atoms with E-state index in [1.165, 1.54) is 7.11 Å². The summed E-state index contributed by atoms with van der Waals surface area (Å²) in [5.74, 6) is 0.371. The number of ether oxygens (including phenoxy) is 3. The van der Waals surface area contributed by atoms with Crippen molar-refractivity contribution in [2.24, 2.45) is 11.8 Å². The van der Waals surface area contributed by atoms with E-state index in [0.717, 1.165) is 5.56 Å². The van der Waals surface area contributed by atoms with E-state index in [-0.39, 0.29) is 36.4 Å². The highest BCUT2D eigenvalue weighted by atomic mass is 16.5. The standard InChI is InChI=1S/C32H42N4O6/c1-21(2)15-24(16-29(37)33-18-30(38)41-6)34-32(39)25-17-26(36(35-25)19-22(3)4)31-27(40-5)13-10-14-28(31)42-20-23-11-8-7-9-12-23/h7-14,17,21-22,24H,15-16,18-20H2,1-6H3,(H,33,37)(H,34,39). The third-order valence-corrected chi connectivity index (χ3v) is 6.43. The van der Waals surface area contributed by atoms with E-state index in [4.69, 9.17) is 9.47 Å². The number of amides is 2. The van der Waals surface area contributed by atoms with Gasteiger partial charge in [-0.2, -0.15) is 5.10 Å². The predicted octanol–water partition coefficient (Wildman–Crippen LogP) is 4.62. The van der Waals surface area contributed by atoms with Gasteiger partial charge in [0.25, 0.3) is 5.91 Å². The molecule has 0 aliphatic rings. The summed E-state index contributed by atoms with van der Waals surface area (Å²) in [6, 6.07) is 16.7. The molecule has 0 bridgehead atoms. The van der Waals surface area contributed by atoms with E-state index >= 15 is 0 Å². The van der Waals surface area contributed by atoms with Crippen LogP contribution in [0.4, 0.5) is 0 Å². The number of nitrogens with zero attached hydrogens (tertiary/aromatic N) is 2. The molecule has 0 radical (unpaired) electrons. The molecule has 1 atom stereocenters. The Kier molecular flexibility index (Phi) is 12.0. The maximum Gasteiger partial charge on any atom is 0.325 e. The lowest BCUT2D eigenvalue weighted by Crippen LogP contribution is -2.41. The number of benzene rings is 2. The first kappa shape index (κ1) is 32.2. The normalized spacial score (nSPS) is 11.7. The van der Waals surface area contributed by atoms with E-state index in [9.17, 15) is 14.4 Å². The number of nitrogens with one attached hydrogen (secondary N) is 2. The number of hydrogen-bond acceptors (Lipinski definition) is 7. The minimum atomic E-state index is -0.542. The van der Waals surface area contributed by atoms with Crippen LogP contribution in [0, 0.1) is 11.8 Å². The van der Waals surface area contributed by atoms with E-state index in [1.54, 1.807) is 17.9 Å². The minimum Gasteiger partial charge on any atom is -0.496 e. The van der Waals surface area contributed by atoms with E-state index in [0.29, 0.717) is 42.3 Å². The number of carbonyl (C=O) groups excluding carboxylic acids is 3. The Balaban J connectivity index is 1.91. The fraction of sp³-hybridized carbons (Fsp3) is 0.438. The molecule has 2 amide bonds. The first-order valence-corrected chi connectivity index (χ1v) is 14.2. The van der Waals surface area contributed by atoms with Crippen LogP contribution in [0.5, 0.6) is 11.5 Å². The van der Waals surface area contributed by atoms with Gasteiger partial charge in [-0.25, -0.2) is 0 Å². The second-order valence-corrected chi connectivity index (χ2v) is 11.0. The molecule has 0 fully saturated rings. The van der Waals surface area contributed by atoms with Gasteiger partial charge >= 0.3 is 5.97 Å². The maximum atomic E-state index is 13.5. The Morgan fingerprint density at radius 2 is 1.64 bits per heavy atom. The average Bonchev–Trinajstić information content (AvgIpc) is 3.37. The Labute approximate surface area is 247 Å². The molecule has 0 saturated heterocycles. The highest BCUT2D eigenvalue weighted by Crippen LogP contribution is 2.39. The Morgan fingerprint density at radius 1 is 0.929 bits per heavy atom. The van der Waals surface area contributed by atoms with E-state index in [1.807, 2.05) is 62.4 Å². The number of rotatable bonds is 15. The average molecular weight is 579 g/mol. The molecule has 10 heteroatoms. The maximum absolute atomic E-state index is 13.5. The zero-order valence-corrected chi connectivity index (χ0v) is 25.3. The molecular weight excluding hydrogens is 536 g/mol. The van der Waals surface area contributed by atoms with Crippen molar-refractivity contribution in [2.75, 3.05) is 20.8 Å². The van der Waals surface area contributed by atoms with Crippen molar-refractivity contribution < 1.29 is 28.6 Å². The van der Waals surface area contributed by atoms with Crippen molar-refractivity contribution in [3.8, 4) is 22.8 Å². The first-order valence-electron chi connectivity index (χ1n) is 14.2. The first-order chi connectivity index (χ1) is 20.1. The van der Waals surface area contributed by atoms with Gasteiger partial charge in [-0.3, -0.25) is 19.1 Å². The highest BCUT2D eigenvalue weighted by Gasteiger charge is 2.25. The largest absolute Gasteiger partial charge is 0.496 e. The zero-order chi connectivity index (χ0) is 30.6. The topological polar surface area (TPSA) is 121 Å². The third-order valence-electron chi connectivity index (χ3n) is 6.43. The Hall–Kier alpha value is -4.34. The molecule has 2 aromatic carbocycles. The smallest absolute Gasteiger partial charge is 0.325 e. The van der Waals surface area contributed by atoms with Gasteiger partial charge < -0.3 is 24.8 Å². The van der Waals surface area contributed by atoms with E-state index in [2.05, 4.69) is 34.3 Å². The lowest BCUT2D eigenvalue weighted by Gasteiger charge is -2.19. The van der Waals surface area contributed by atoms with Crippen molar-refractivity contribution in [1.82, 2.24) is 20.4 Å². The van der Waals surface area contributed by atoms with Crippen molar-refractivity contribution in [3.63, 3.8) is 0 Å². The fourth-order valence-corrected chi connectivity index (χ4v) is 4.56. The van der Waals surface area contributed by atoms with Crippen LogP contribution in [0.25, 0.3) is 11.3 Å². The van der Waals surface area contributed by atoms with Gasteiger partial charge in [-0.1, -0.05) is 64.1 Å². The molecule has 1 heterocycles. The van der Waals surface area contributed by atoms with Gasteiger partial charge in [-0.05, 0) is 42.0 Å². The molecule has 0 aliphatic carbocycles. The molecule has 42 heavy (non-hydrogen) atoms. The summed E-state index contributed by atoms with van der Waals surface area (Å²) < 4.78 is 18.4. The predicted molar refractivity (Wildman–Crippen MR) is 160 cm³/mol. The molecule has 0 saturated carbocycles. The quantitative estimate of drug-likeness (QED) is 0.253. The summed E-state index contributed by atoms with van der Waals surface area (Å²) in [4.78, 5) is 37.4. The van der Waals surface area contributed by atoms with Crippen LogP contribution in [-0.4, -0.2) is 54.4 Å². The Bertz CT molecular complexity index is 1340. The number of hydrogen-bond donors (Lipinski definition) is 2. The number of methoxy groups -OCH3 is 2. The van der Waals surface area contributed by atoms with Crippen LogP contribution in [-0.2, 0) is 27.5 Å². The molecule has 10 nitrogen and oxygen atoms in total. The van der Waals surface area contributed by atoms with Gasteiger partial charge in [0.1, 0.15) is 24.7 Å². The molecule has 2 N–H and O–H groups in total. The van der Waals surface area contributed by atoms with Crippen molar-refractivity contribution in [1.29, 1.82) is 0 Å². The molecule has 3 aromatic rings. The molecule has 226 valence electrons. The summed E-state index contributed by atoms with van der Waals surface area (Å²) in [5, 5.41) is 10.2. The summed E-state index contributed by atoms with van der Waals surface area (Å²) in [6.45, 7) is 8.87. The lowest BCUT2D eigenvalue weighted by atomic mass is 10.0. The summed E-state index contributed by atoms with van der Waals surface area (Å²) >= 11 is 0. The van der Waals surface area contributed by atoms with Crippen LogP contribution in [0.1, 0.15) is 56.6 Å². The van der Waals surface area contributed by atoms with Gasteiger partial charge in [0.05, 0.1) is 25.5 Å². The van der Waals surface area contributed by atoms with Crippen molar-refractivity contribution in [2.45, 2.75) is 59.7 Å². The summed E-state index contributed by atoms with van der Waals surface area (Å²) in [5.41, 5.74) is 2.62. The molecule has 3 rings (SSSR count). The lowest BCUT2D eigenvalue weighted by molar-refractivity contribution is -0.141. The zero-order valence-electron chi connectivity index (χ0n) is 25.3. The Morgan fingerprint density at radius 3 is 2.29 bits per heavy atom. The summed E-state index contributed by atoms with van der Waals surface area (Å²) in [6.07, 6.45) is 0.589. The number of aromatic nitrogens is 2. The van der Waals surface area contributed by atoms with Crippen LogP contribution >= 0.6 is 0 Å². The number of esters is 1. The SMILES string of the molecule is COC(=O)CNC(=O)CC(CC(C)C)NC(=O)c1cc(-c2c(OC)cccc2OCc2ccccc2)n(CC(C)C)n1. The molecular formula is C32H42N4O6. The fourth-order valence-electron chi connectivity index (χ4n) is 4.56. The summed E-state index contributed by atoms with van der Waals surface area (Å²) in [7, 11) is 2.85. The van der Waals surface area contributed by atoms with Gasteiger partial charge in [-0.15, -0.1) is 0 Å². The van der Waals surface area contributed by atoms with Crippen molar-refractivity contribution >= 4 is 17.8 Å². The molecule has 1 aromatic heterocycles. The minimum absolute atomic E-state index is 0.0183. The molecule has 0 aliphatic heterocycles. The van der Waals surface area contributed by atoms with Gasteiger partial charge in [0.15, 0.2) is 5.69 Å².